The summed E-state index contributed by atoms with van der Waals surface area (Å²) in [5, 5.41) is 2.51. The van der Waals surface area contributed by atoms with Crippen molar-refractivity contribution in [1.82, 2.24) is 9.55 Å². The molecule has 4 aromatic heterocycles. The molecule has 6 aromatic rings. The Morgan fingerprint density at radius 3 is 1.74 bits per heavy atom. The zero-order chi connectivity index (χ0) is 38.0. The maximum absolute atomic E-state index is 4.60. The first-order valence-corrected chi connectivity index (χ1v) is 18.4. The number of pyridine rings is 3. The molecule has 1 aliphatic rings. The number of aromatic nitrogens is 4. The lowest BCUT2D eigenvalue weighted by Crippen LogP contribution is -2.32. The Morgan fingerprint density at radius 1 is 0.660 bits per heavy atom. The highest BCUT2D eigenvalue weighted by molar-refractivity contribution is 5.82. The fraction of sp³-hybridized carbons (Fsp3) is 0.255. The van der Waals surface area contributed by atoms with Gasteiger partial charge in [0.1, 0.15) is 19.9 Å². The fourth-order valence-corrected chi connectivity index (χ4v) is 7.20. The zero-order valence-electron chi connectivity index (χ0n) is 33.4. The Bertz CT molecular complexity index is 2450. The number of fused-ring (bicyclic) bond motifs is 2. The van der Waals surface area contributed by atoms with Crippen LogP contribution in [0.5, 0.6) is 0 Å². The molecular weight excluding hydrogens is 649 g/mol. The van der Waals surface area contributed by atoms with Gasteiger partial charge in [-0.15, -0.1) is 0 Å². The number of anilines is 2. The predicted octanol–water partition coefficient (Wildman–Crippen LogP) is 9.42. The molecule has 2 aromatic carbocycles. The summed E-state index contributed by atoms with van der Waals surface area (Å²) in [6.07, 6.45) is 14.1. The Labute approximate surface area is 316 Å². The third-order valence-corrected chi connectivity index (χ3v) is 10.4. The van der Waals surface area contributed by atoms with Crippen LogP contribution in [0.15, 0.2) is 114 Å². The van der Waals surface area contributed by atoms with Crippen LogP contribution in [0.1, 0.15) is 54.2 Å². The molecule has 0 atom stereocenters. The van der Waals surface area contributed by atoms with E-state index in [9.17, 15) is 0 Å². The number of benzene rings is 2. The highest BCUT2D eigenvalue weighted by Gasteiger charge is 2.15. The van der Waals surface area contributed by atoms with E-state index in [0.717, 1.165) is 12.2 Å². The lowest BCUT2D eigenvalue weighted by molar-refractivity contribution is -0.646. The van der Waals surface area contributed by atoms with E-state index in [2.05, 4.69) is 209 Å². The second-order valence-electron chi connectivity index (χ2n) is 14.8. The van der Waals surface area contributed by atoms with Gasteiger partial charge in [0.15, 0.2) is 0 Å². The van der Waals surface area contributed by atoms with Gasteiger partial charge in [0.25, 0.3) is 0 Å². The Kier molecular flexibility index (Phi) is 10.8. The molecule has 0 radical (unpaired) electrons. The van der Waals surface area contributed by atoms with Gasteiger partial charge in [-0.2, -0.15) is 9.13 Å². The first kappa shape index (κ1) is 37.0. The van der Waals surface area contributed by atoms with E-state index in [-0.39, 0.29) is 0 Å². The SMILES string of the molecule is CC1=CC(/C=C/c2ccc3cc(N(C)C)ccc3[n+]2C)=C(C)C1.Cc1cccnc1-n1c(C)cc(/C=C/c2ccc3cc(N(C)C)ccc3[n+]2C)c1C. The predicted molar refractivity (Wildman–Crippen MR) is 226 cm³/mol. The second kappa shape index (κ2) is 15.5. The summed E-state index contributed by atoms with van der Waals surface area (Å²) in [7, 11) is 12.5. The van der Waals surface area contributed by atoms with E-state index in [1.807, 2.05) is 12.3 Å². The largest absolute Gasteiger partial charge is 0.378 e. The molecule has 0 saturated heterocycles. The topological polar surface area (TPSA) is 32.1 Å². The molecule has 0 spiro atoms. The van der Waals surface area contributed by atoms with Gasteiger partial charge >= 0.3 is 0 Å². The highest BCUT2D eigenvalue weighted by atomic mass is 15.1. The maximum Gasteiger partial charge on any atom is 0.212 e. The molecule has 0 saturated carbocycles. The van der Waals surface area contributed by atoms with Crippen LogP contribution in [0.25, 0.3) is 45.9 Å². The Balaban J connectivity index is 0.000000188. The molecular formula is C47H54N6+2. The molecule has 53 heavy (non-hydrogen) atoms. The fourth-order valence-electron chi connectivity index (χ4n) is 7.20. The number of hydrogen-bond donors (Lipinski definition) is 0. The summed E-state index contributed by atoms with van der Waals surface area (Å²) < 4.78 is 6.73. The molecule has 4 heterocycles. The normalized spacial score (nSPS) is 13.0. The van der Waals surface area contributed by atoms with E-state index in [4.69, 9.17) is 0 Å². The van der Waals surface area contributed by atoms with Crippen LogP contribution >= 0.6 is 0 Å². The smallest absolute Gasteiger partial charge is 0.212 e. The van der Waals surface area contributed by atoms with Crippen molar-refractivity contribution in [2.75, 3.05) is 38.0 Å². The van der Waals surface area contributed by atoms with Crippen molar-refractivity contribution in [2.24, 2.45) is 14.1 Å². The van der Waals surface area contributed by atoms with Crippen molar-refractivity contribution < 1.29 is 9.13 Å². The summed E-state index contributed by atoms with van der Waals surface area (Å²) >= 11 is 0. The molecule has 6 nitrogen and oxygen atoms in total. The number of rotatable bonds is 7. The molecule has 0 bridgehead atoms. The molecule has 0 N–H and O–H groups in total. The van der Waals surface area contributed by atoms with Crippen LogP contribution in [-0.2, 0) is 14.1 Å². The average Bonchev–Trinajstić information content (AvgIpc) is 3.61. The molecule has 0 unspecified atom stereocenters. The molecule has 0 fully saturated rings. The summed E-state index contributed by atoms with van der Waals surface area (Å²) in [5.41, 5.74) is 16.3. The lowest BCUT2D eigenvalue weighted by atomic mass is 10.1. The van der Waals surface area contributed by atoms with Gasteiger partial charge in [0, 0.05) is 104 Å². The molecule has 0 amide bonds. The first-order chi connectivity index (χ1) is 25.3. The minimum atomic E-state index is 1.00. The van der Waals surface area contributed by atoms with Gasteiger partial charge in [-0.1, -0.05) is 23.3 Å². The van der Waals surface area contributed by atoms with Crippen LogP contribution in [0.2, 0.25) is 0 Å². The number of allylic oxidation sites excluding steroid dienone is 5. The van der Waals surface area contributed by atoms with Crippen molar-refractivity contribution in [3.05, 3.63) is 148 Å². The second-order valence-corrected chi connectivity index (χ2v) is 14.8. The van der Waals surface area contributed by atoms with Crippen molar-refractivity contribution in [3.8, 4) is 5.82 Å². The van der Waals surface area contributed by atoms with Crippen LogP contribution < -0.4 is 18.9 Å². The monoisotopic (exact) mass is 702 g/mol. The highest BCUT2D eigenvalue weighted by Crippen LogP contribution is 2.27. The summed E-state index contributed by atoms with van der Waals surface area (Å²) in [4.78, 5) is 8.87. The Morgan fingerprint density at radius 2 is 1.23 bits per heavy atom. The zero-order valence-corrected chi connectivity index (χ0v) is 33.4. The van der Waals surface area contributed by atoms with Crippen molar-refractivity contribution in [3.63, 3.8) is 0 Å². The maximum atomic E-state index is 4.60. The third-order valence-electron chi connectivity index (χ3n) is 10.4. The van der Waals surface area contributed by atoms with Crippen molar-refractivity contribution in [2.45, 2.75) is 41.0 Å². The van der Waals surface area contributed by atoms with Gasteiger partial charge in [-0.25, -0.2) is 4.98 Å². The minimum absolute atomic E-state index is 1.00. The van der Waals surface area contributed by atoms with Crippen LogP contribution in [-0.4, -0.2) is 37.7 Å². The lowest BCUT2D eigenvalue weighted by Gasteiger charge is -2.12. The minimum Gasteiger partial charge on any atom is -0.378 e. The summed E-state index contributed by atoms with van der Waals surface area (Å²) in [6.45, 7) is 10.8. The first-order valence-electron chi connectivity index (χ1n) is 18.4. The van der Waals surface area contributed by atoms with Gasteiger partial charge in [0.2, 0.25) is 22.4 Å². The van der Waals surface area contributed by atoms with Crippen molar-refractivity contribution in [1.29, 1.82) is 0 Å². The van der Waals surface area contributed by atoms with Crippen LogP contribution in [0.4, 0.5) is 11.4 Å². The van der Waals surface area contributed by atoms with Gasteiger partial charge in [-0.05, 0) is 118 Å². The van der Waals surface area contributed by atoms with E-state index in [1.165, 1.54) is 83.8 Å². The van der Waals surface area contributed by atoms with E-state index in [0.29, 0.717) is 0 Å². The number of hydrogen-bond acceptors (Lipinski definition) is 3. The summed E-state index contributed by atoms with van der Waals surface area (Å²) in [6, 6.07) is 28.3. The molecule has 7 rings (SSSR count). The quantitative estimate of drug-likeness (QED) is 0.156. The van der Waals surface area contributed by atoms with Gasteiger partial charge in [0.05, 0.1) is 0 Å². The van der Waals surface area contributed by atoms with Crippen LogP contribution in [0.3, 0.4) is 0 Å². The number of nitrogens with zero attached hydrogens (tertiary/aromatic N) is 6. The third kappa shape index (κ3) is 7.87. The molecule has 1 aliphatic carbocycles. The van der Waals surface area contributed by atoms with Gasteiger partial charge < -0.3 is 14.4 Å². The van der Waals surface area contributed by atoms with Crippen LogP contribution in [0, 0.1) is 20.8 Å². The van der Waals surface area contributed by atoms with E-state index >= 15 is 0 Å². The average molecular weight is 703 g/mol. The van der Waals surface area contributed by atoms with E-state index < -0.39 is 0 Å². The van der Waals surface area contributed by atoms with E-state index in [1.54, 1.807) is 0 Å². The van der Waals surface area contributed by atoms with Gasteiger partial charge in [-0.3, -0.25) is 0 Å². The molecule has 6 heteroatoms. The number of aryl methyl sites for hydroxylation is 4. The standard InChI is InChI=1S/C26H29N4.C21H25N2/c1-18-8-7-15-27-26(18)30-19(2)16-21(20(30)3)9-11-23-12-10-22-17-24(28(4)5)13-14-25(22)29(23)6;1-15-12-16(2)17(13-15)6-8-19-9-7-18-14-20(22(3)4)10-11-21(18)23(19)5/h7-17H,1-6H3;6-11,13-14H,12H2,1-5H3/q2*+1/b;8-6+. The summed E-state index contributed by atoms with van der Waals surface area (Å²) in [5.74, 6) is 1.00. The molecule has 0 aliphatic heterocycles. The van der Waals surface area contributed by atoms with Crippen molar-refractivity contribution >= 4 is 51.4 Å². The molecule has 270 valence electrons. The Hall–Kier alpha value is -5.75.